The molecule has 0 spiro atoms. The fourth-order valence-corrected chi connectivity index (χ4v) is 3.73. The summed E-state index contributed by atoms with van der Waals surface area (Å²) in [6, 6.07) is 15.3. The van der Waals surface area contributed by atoms with E-state index in [-0.39, 0.29) is 11.7 Å². The molecule has 3 aromatic rings. The summed E-state index contributed by atoms with van der Waals surface area (Å²) in [5, 5.41) is 11.5. The Balaban J connectivity index is 1.63. The number of rotatable bonds is 6. The number of hydrogen-bond donors (Lipinski definition) is 2. The van der Waals surface area contributed by atoms with E-state index in [1.165, 1.54) is 16.4 Å². The SMILES string of the molecule is CSc1ccc(NC(=O)CSc2nnc(-c3ccccc3Br)n2N)cc1. The molecule has 0 atom stereocenters. The Morgan fingerprint density at radius 3 is 2.62 bits per heavy atom. The molecule has 3 rings (SSSR count). The summed E-state index contributed by atoms with van der Waals surface area (Å²) in [6.45, 7) is 0. The Morgan fingerprint density at radius 1 is 1.19 bits per heavy atom. The number of nitrogen functional groups attached to an aromatic ring is 1. The summed E-state index contributed by atoms with van der Waals surface area (Å²) in [5.41, 5.74) is 1.60. The maximum absolute atomic E-state index is 12.1. The molecule has 6 nitrogen and oxygen atoms in total. The molecule has 26 heavy (non-hydrogen) atoms. The van der Waals surface area contributed by atoms with Gasteiger partial charge in [0.25, 0.3) is 0 Å². The van der Waals surface area contributed by atoms with Crippen molar-refractivity contribution in [2.45, 2.75) is 10.1 Å². The number of nitrogens with zero attached hydrogens (tertiary/aromatic N) is 3. The fraction of sp³-hybridized carbons (Fsp3) is 0.118. The van der Waals surface area contributed by atoms with Crippen LogP contribution in [0.2, 0.25) is 0 Å². The Hall–Kier alpha value is -1.97. The number of halogens is 1. The number of nitrogens with two attached hydrogens (primary N) is 1. The summed E-state index contributed by atoms with van der Waals surface area (Å²) in [5.74, 6) is 6.69. The number of hydrogen-bond acceptors (Lipinski definition) is 6. The van der Waals surface area contributed by atoms with Gasteiger partial charge in [0, 0.05) is 20.6 Å². The maximum atomic E-state index is 12.1. The van der Waals surface area contributed by atoms with E-state index in [4.69, 9.17) is 5.84 Å². The quantitative estimate of drug-likeness (QED) is 0.438. The molecule has 0 radical (unpaired) electrons. The summed E-state index contributed by atoms with van der Waals surface area (Å²) in [6.07, 6.45) is 2.01. The van der Waals surface area contributed by atoms with Crippen molar-refractivity contribution in [2.24, 2.45) is 0 Å². The van der Waals surface area contributed by atoms with E-state index in [0.717, 1.165) is 20.6 Å². The number of carbonyl (C=O) groups is 1. The van der Waals surface area contributed by atoms with Crippen molar-refractivity contribution < 1.29 is 4.79 Å². The van der Waals surface area contributed by atoms with Gasteiger partial charge in [-0.2, -0.15) is 0 Å². The van der Waals surface area contributed by atoms with Crippen molar-refractivity contribution in [1.82, 2.24) is 14.9 Å². The Bertz CT molecular complexity index is 914. The van der Waals surface area contributed by atoms with Gasteiger partial charge in [0.15, 0.2) is 5.82 Å². The fourth-order valence-electron chi connectivity index (χ4n) is 2.20. The molecule has 0 bridgehead atoms. The first-order chi connectivity index (χ1) is 12.6. The zero-order valence-corrected chi connectivity index (χ0v) is 17.1. The number of anilines is 1. The van der Waals surface area contributed by atoms with E-state index in [2.05, 4.69) is 31.4 Å². The van der Waals surface area contributed by atoms with Crippen molar-refractivity contribution in [3.05, 3.63) is 53.0 Å². The van der Waals surface area contributed by atoms with Gasteiger partial charge in [0.05, 0.1) is 5.75 Å². The zero-order chi connectivity index (χ0) is 18.5. The molecule has 0 aliphatic carbocycles. The van der Waals surface area contributed by atoms with E-state index in [9.17, 15) is 4.79 Å². The van der Waals surface area contributed by atoms with E-state index in [0.29, 0.717) is 11.0 Å². The van der Waals surface area contributed by atoms with Crippen molar-refractivity contribution in [3.63, 3.8) is 0 Å². The van der Waals surface area contributed by atoms with Gasteiger partial charge in [-0.15, -0.1) is 22.0 Å². The molecule has 3 N–H and O–H groups in total. The van der Waals surface area contributed by atoms with Crippen molar-refractivity contribution in [3.8, 4) is 11.4 Å². The highest BCUT2D eigenvalue weighted by Crippen LogP contribution is 2.28. The molecule has 0 saturated heterocycles. The summed E-state index contributed by atoms with van der Waals surface area (Å²) in [4.78, 5) is 13.3. The first kappa shape index (κ1) is 18.8. The van der Waals surface area contributed by atoms with Crippen LogP contribution in [0, 0.1) is 0 Å². The highest BCUT2D eigenvalue weighted by Gasteiger charge is 2.15. The van der Waals surface area contributed by atoms with Crippen molar-refractivity contribution >= 4 is 51.0 Å². The molecule has 0 fully saturated rings. The Morgan fingerprint density at radius 2 is 1.92 bits per heavy atom. The van der Waals surface area contributed by atoms with Gasteiger partial charge in [-0.3, -0.25) is 4.79 Å². The first-order valence-corrected chi connectivity index (χ1v) is 10.6. The molecule has 1 amide bonds. The van der Waals surface area contributed by atoms with Crippen LogP contribution in [0.3, 0.4) is 0 Å². The molecule has 0 aliphatic rings. The summed E-state index contributed by atoms with van der Waals surface area (Å²) >= 11 is 6.37. The topological polar surface area (TPSA) is 85.8 Å². The van der Waals surface area contributed by atoms with Crippen LogP contribution in [0.4, 0.5) is 5.69 Å². The minimum Gasteiger partial charge on any atom is -0.335 e. The average molecular weight is 450 g/mol. The second-order valence-electron chi connectivity index (χ2n) is 5.22. The monoisotopic (exact) mass is 449 g/mol. The van der Waals surface area contributed by atoms with Crippen LogP contribution in [0.15, 0.2) is 63.1 Å². The third kappa shape index (κ3) is 4.40. The van der Waals surface area contributed by atoms with Crippen LogP contribution in [0.5, 0.6) is 0 Å². The number of thioether (sulfide) groups is 2. The van der Waals surface area contributed by atoms with Gasteiger partial charge in [-0.25, -0.2) is 4.68 Å². The molecule has 1 heterocycles. The lowest BCUT2D eigenvalue weighted by Gasteiger charge is -2.06. The maximum Gasteiger partial charge on any atom is 0.234 e. The normalized spacial score (nSPS) is 10.7. The lowest BCUT2D eigenvalue weighted by atomic mass is 10.2. The standard InChI is InChI=1S/C17H16BrN5OS2/c1-25-12-8-6-11(7-9-12)20-15(24)10-26-17-22-21-16(23(17)19)13-4-2-3-5-14(13)18/h2-9H,10,19H2,1H3,(H,20,24). The van der Waals surface area contributed by atoms with E-state index in [1.54, 1.807) is 11.8 Å². The van der Waals surface area contributed by atoms with Gasteiger partial charge < -0.3 is 11.2 Å². The second-order valence-corrected chi connectivity index (χ2v) is 7.90. The lowest BCUT2D eigenvalue weighted by molar-refractivity contribution is -0.113. The predicted molar refractivity (Wildman–Crippen MR) is 111 cm³/mol. The largest absolute Gasteiger partial charge is 0.335 e. The van der Waals surface area contributed by atoms with Gasteiger partial charge in [0.1, 0.15) is 0 Å². The van der Waals surface area contributed by atoms with Crippen LogP contribution in [0.25, 0.3) is 11.4 Å². The van der Waals surface area contributed by atoms with Crippen LogP contribution in [-0.2, 0) is 4.79 Å². The van der Waals surface area contributed by atoms with E-state index >= 15 is 0 Å². The predicted octanol–water partition coefficient (Wildman–Crippen LogP) is 3.87. The van der Waals surface area contributed by atoms with E-state index in [1.807, 2.05) is 54.8 Å². The Labute approximate surface area is 168 Å². The highest BCUT2D eigenvalue weighted by atomic mass is 79.9. The third-order valence-electron chi connectivity index (χ3n) is 3.49. The summed E-state index contributed by atoms with van der Waals surface area (Å²) < 4.78 is 2.27. The minimum atomic E-state index is -0.127. The van der Waals surface area contributed by atoms with Gasteiger partial charge in [0.2, 0.25) is 11.1 Å². The third-order valence-corrected chi connectivity index (χ3v) is 5.86. The van der Waals surface area contributed by atoms with Crippen molar-refractivity contribution in [1.29, 1.82) is 0 Å². The molecule has 2 aromatic carbocycles. The molecule has 0 saturated carbocycles. The molecule has 134 valence electrons. The summed E-state index contributed by atoms with van der Waals surface area (Å²) in [7, 11) is 0. The lowest BCUT2D eigenvalue weighted by Crippen LogP contribution is -2.16. The van der Waals surface area contributed by atoms with Crippen LogP contribution in [-0.4, -0.2) is 32.8 Å². The van der Waals surface area contributed by atoms with E-state index < -0.39 is 0 Å². The molecule has 0 aliphatic heterocycles. The molecular formula is C17H16BrN5OS2. The molecular weight excluding hydrogens is 434 g/mol. The smallest absolute Gasteiger partial charge is 0.234 e. The van der Waals surface area contributed by atoms with Gasteiger partial charge >= 0.3 is 0 Å². The highest BCUT2D eigenvalue weighted by molar-refractivity contribution is 9.10. The first-order valence-electron chi connectivity index (χ1n) is 7.60. The number of amides is 1. The minimum absolute atomic E-state index is 0.127. The number of carbonyl (C=O) groups excluding carboxylic acids is 1. The second kappa shape index (κ2) is 8.61. The molecule has 1 aromatic heterocycles. The number of nitrogens with one attached hydrogen (secondary N) is 1. The van der Waals surface area contributed by atoms with Crippen LogP contribution >= 0.6 is 39.5 Å². The van der Waals surface area contributed by atoms with Crippen molar-refractivity contribution in [2.75, 3.05) is 23.2 Å². The number of benzene rings is 2. The number of aromatic nitrogens is 3. The van der Waals surface area contributed by atoms with Gasteiger partial charge in [-0.1, -0.05) is 39.8 Å². The van der Waals surface area contributed by atoms with Crippen LogP contribution < -0.4 is 11.2 Å². The zero-order valence-electron chi connectivity index (χ0n) is 13.8. The molecule has 9 heteroatoms. The molecule has 0 unspecified atom stereocenters. The van der Waals surface area contributed by atoms with Crippen LogP contribution in [0.1, 0.15) is 0 Å². The Kier molecular flexibility index (Phi) is 6.23. The van der Waals surface area contributed by atoms with Gasteiger partial charge in [-0.05, 0) is 42.7 Å². The average Bonchev–Trinajstić information content (AvgIpc) is 3.01.